The lowest BCUT2D eigenvalue weighted by molar-refractivity contribution is -0.126. The molecule has 1 aromatic rings. The molecule has 1 unspecified atom stereocenters. The highest BCUT2D eigenvalue weighted by atomic mass is 16.3. The normalized spacial score (nSPS) is 21.5. The molecule has 156 valence electrons. The summed E-state index contributed by atoms with van der Waals surface area (Å²) >= 11 is 0. The third kappa shape index (κ3) is 6.57. The molecule has 3 rings (SSSR count). The lowest BCUT2D eigenvalue weighted by Gasteiger charge is -2.41. The zero-order valence-electron chi connectivity index (χ0n) is 17.4. The molecule has 0 spiro atoms. The van der Waals surface area contributed by atoms with E-state index in [1.807, 2.05) is 25.1 Å². The highest BCUT2D eigenvalue weighted by Gasteiger charge is 2.30. The number of nitrogens with zero attached hydrogens (tertiary/aromatic N) is 2. The molecule has 1 amide bonds. The Morgan fingerprint density at radius 2 is 1.79 bits per heavy atom. The first-order valence-corrected chi connectivity index (χ1v) is 11.1. The Labute approximate surface area is 170 Å². The molecule has 2 saturated heterocycles. The van der Waals surface area contributed by atoms with Gasteiger partial charge in [-0.05, 0) is 77.2 Å². The average Bonchev–Trinajstić information content (AvgIpc) is 2.73. The molecule has 2 N–H and O–H groups in total. The van der Waals surface area contributed by atoms with Crippen LogP contribution in [-0.2, 0) is 11.2 Å². The van der Waals surface area contributed by atoms with Crippen molar-refractivity contribution in [1.82, 2.24) is 15.1 Å². The summed E-state index contributed by atoms with van der Waals surface area (Å²) in [5.74, 6) is 0.418. The monoisotopic (exact) mass is 387 g/mol. The number of amides is 1. The highest BCUT2D eigenvalue weighted by molar-refractivity contribution is 5.78. The van der Waals surface area contributed by atoms with Crippen molar-refractivity contribution in [3.05, 3.63) is 35.9 Å². The second-order valence-electron chi connectivity index (χ2n) is 8.55. The summed E-state index contributed by atoms with van der Waals surface area (Å²) in [5, 5.41) is 12.6. The molecular formula is C23H37N3O2. The van der Waals surface area contributed by atoms with Crippen molar-refractivity contribution in [2.24, 2.45) is 5.92 Å². The first-order chi connectivity index (χ1) is 13.6. The predicted molar refractivity (Wildman–Crippen MR) is 113 cm³/mol. The van der Waals surface area contributed by atoms with Gasteiger partial charge in [-0.1, -0.05) is 30.3 Å². The number of carbonyl (C=O) groups is 1. The van der Waals surface area contributed by atoms with Crippen LogP contribution in [0.25, 0.3) is 0 Å². The largest absolute Gasteiger partial charge is 0.393 e. The van der Waals surface area contributed by atoms with E-state index < -0.39 is 0 Å². The van der Waals surface area contributed by atoms with Gasteiger partial charge in [-0.2, -0.15) is 0 Å². The molecule has 2 aliphatic rings. The number of hydrogen-bond acceptors (Lipinski definition) is 4. The van der Waals surface area contributed by atoms with Crippen LogP contribution >= 0.6 is 0 Å². The number of hydrogen-bond donors (Lipinski definition) is 2. The molecule has 0 saturated carbocycles. The van der Waals surface area contributed by atoms with Gasteiger partial charge in [-0.3, -0.25) is 4.79 Å². The van der Waals surface area contributed by atoms with Crippen molar-refractivity contribution in [2.45, 2.75) is 57.6 Å². The molecule has 2 heterocycles. The van der Waals surface area contributed by atoms with Gasteiger partial charge >= 0.3 is 0 Å². The number of carbonyl (C=O) groups excluding carboxylic acids is 1. The van der Waals surface area contributed by atoms with Gasteiger partial charge < -0.3 is 20.2 Å². The van der Waals surface area contributed by atoms with E-state index in [0.717, 1.165) is 65.0 Å². The second kappa shape index (κ2) is 10.9. The fourth-order valence-electron chi connectivity index (χ4n) is 4.52. The molecule has 2 aliphatic heterocycles. The predicted octanol–water partition coefficient (Wildman–Crippen LogP) is 2.29. The Morgan fingerprint density at radius 3 is 2.43 bits per heavy atom. The first kappa shape index (κ1) is 21.3. The Morgan fingerprint density at radius 1 is 1.11 bits per heavy atom. The van der Waals surface area contributed by atoms with Crippen molar-refractivity contribution in [2.75, 3.05) is 39.3 Å². The number of piperidine rings is 2. The number of aliphatic hydroxyl groups excluding tert-OH is 1. The van der Waals surface area contributed by atoms with Gasteiger partial charge in [0.1, 0.15) is 0 Å². The Balaban J connectivity index is 1.31. The maximum atomic E-state index is 12.5. The van der Waals surface area contributed by atoms with Crippen LogP contribution in [0.3, 0.4) is 0 Å². The van der Waals surface area contributed by atoms with Gasteiger partial charge in [-0.15, -0.1) is 0 Å². The standard InChI is InChI=1S/C23H37N3O2/c1-19(27)8-14-25-15-11-22(12-16-25)26-17-9-21(10-18-26)23(28)24-13-7-20-5-3-2-4-6-20/h2-6,19,21-22,27H,7-18H2,1H3,(H,24,28). The minimum atomic E-state index is -0.199. The lowest BCUT2D eigenvalue weighted by Crippen LogP contribution is -2.49. The summed E-state index contributed by atoms with van der Waals surface area (Å²) in [7, 11) is 0. The zero-order chi connectivity index (χ0) is 19.8. The first-order valence-electron chi connectivity index (χ1n) is 11.1. The average molecular weight is 388 g/mol. The van der Waals surface area contributed by atoms with Gasteiger partial charge in [-0.25, -0.2) is 0 Å². The lowest BCUT2D eigenvalue weighted by atomic mass is 9.92. The van der Waals surface area contributed by atoms with Gasteiger partial charge in [0, 0.05) is 25.0 Å². The zero-order valence-corrected chi connectivity index (χ0v) is 17.4. The molecule has 0 radical (unpaired) electrons. The molecule has 1 atom stereocenters. The van der Waals surface area contributed by atoms with Gasteiger partial charge in [0.15, 0.2) is 0 Å². The van der Waals surface area contributed by atoms with Crippen molar-refractivity contribution < 1.29 is 9.90 Å². The fourth-order valence-corrected chi connectivity index (χ4v) is 4.52. The van der Waals surface area contributed by atoms with Crippen LogP contribution in [0, 0.1) is 5.92 Å². The van der Waals surface area contributed by atoms with Crippen molar-refractivity contribution in [3.8, 4) is 0 Å². The summed E-state index contributed by atoms with van der Waals surface area (Å²) < 4.78 is 0. The van der Waals surface area contributed by atoms with Crippen LogP contribution in [0.1, 0.15) is 44.6 Å². The Bertz CT molecular complexity index is 577. The van der Waals surface area contributed by atoms with Crippen LogP contribution < -0.4 is 5.32 Å². The summed E-state index contributed by atoms with van der Waals surface area (Å²) in [5.41, 5.74) is 1.28. The SMILES string of the molecule is CC(O)CCN1CCC(N2CCC(C(=O)NCCc3ccccc3)CC2)CC1. The number of likely N-dealkylation sites (tertiary alicyclic amines) is 2. The molecule has 0 aliphatic carbocycles. The van der Waals surface area contributed by atoms with Crippen LogP contribution in [0.5, 0.6) is 0 Å². The molecule has 2 fully saturated rings. The van der Waals surface area contributed by atoms with Crippen molar-refractivity contribution in [3.63, 3.8) is 0 Å². The summed E-state index contributed by atoms with van der Waals surface area (Å²) in [6.45, 7) is 7.98. The minimum Gasteiger partial charge on any atom is -0.393 e. The number of nitrogens with one attached hydrogen (secondary N) is 1. The molecule has 1 aromatic carbocycles. The third-order valence-corrected chi connectivity index (χ3v) is 6.39. The van der Waals surface area contributed by atoms with E-state index in [-0.39, 0.29) is 17.9 Å². The van der Waals surface area contributed by atoms with Crippen LogP contribution in [0.4, 0.5) is 0 Å². The molecule has 5 heteroatoms. The van der Waals surface area contributed by atoms with Crippen LogP contribution in [-0.4, -0.2) is 72.2 Å². The molecule has 5 nitrogen and oxygen atoms in total. The van der Waals surface area contributed by atoms with Gasteiger partial charge in [0.05, 0.1) is 6.10 Å². The Kier molecular flexibility index (Phi) is 8.31. The smallest absolute Gasteiger partial charge is 0.223 e. The molecular weight excluding hydrogens is 350 g/mol. The maximum Gasteiger partial charge on any atom is 0.223 e. The Hall–Kier alpha value is -1.43. The highest BCUT2D eigenvalue weighted by Crippen LogP contribution is 2.24. The van der Waals surface area contributed by atoms with Crippen LogP contribution in [0.2, 0.25) is 0 Å². The maximum absolute atomic E-state index is 12.5. The third-order valence-electron chi connectivity index (χ3n) is 6.39. The number of rotatable bonds is 8. The van der Waals surface area contributed by atoms with Crippen molar-refractivity contribution >= 4 is 5.91 Å². The van der Waals surface area contributed by atoms with E-state index in [9.17, 15) is 9.90 Å². The van der Waals surface area contributed by atoms with Crippen molar-refractivity contribution in [1.29, 1.82) is 0 Å². The molecule has 0 aromatic heterocycles. The number of benzene rings is 1. The quantitative estimate of drug-likeness (QED) is 0.719. The summed E-state index contributed by atoms with van der Waals surface area (Å²) in [6, 6.07) is 11.0. The van der Waals surface area contributed by atoms with E-state index in [0.29, 0.717) is 6.04 Å². The fraction of sp³-hybridized carbons (Fsp3) is 0.696. The van der Waals surface area contributed by atoms with E-state index >= 15 is 0 Å². The minimum absolute atomic E-state index is 0.179. The van der Waals surface area contributed by atoms with Gasteiger partial charge in [0.2, 0.25) is 5.91 Å². The number of aliphatic hydroxyl groups is 1. The summed E-state index contributed by atoms with van der Waals surface area (Å²) in [4.78, 5) is 17.6. The molecule has 28 heavy (non-hydrogen) atoms. The van der Waals surface area contributed by atoms with E-state index in [1.165, 1.54) is 18.4 Å². The summed E-state index contributed by atoms with van der Waals surface area (Å²) in [6.07, 6.45) is 5.98. The topological polar surface area (TPSA) is 55.8 Å². The van der Waals surface area contributed by atoms with E-state index in [1.54, 1.807) is 0 Å². The van der Waals surface area contributed by atoms with E-state index in [4.69, 9.17) is 0 Å². The van der Waals surface area contributed by atoms with E-state index in [2.05, 4.69) is 27.2 Å². The second-order valence-corrected chi connectivity index (χ2v) is 8.55. The van der Waals surface area contributed by atoms with Gasteiger partial charge in [0.25, 0.3) is 0 Å². The molecule has 0 bridgehead atoms. The van der Waals surface area contributed by atoms with Crippen LogP contribution in [0.15, 0.2) is 30.3 Å².